The van der Waals surface area contributed by atoms with Crippen LogP contribution in [0, 0.1) is 17.2 Å². The maximum absolute atomic E-state index is 10.3. The van der Waals surface area contributed by atoms with Crippen LogP contribution in [0.4, 0.5) is 0 Å². The minimum absolute atomic E-state index is 0.150. The van der Waals surface area contributed by atoms with Gasteiger partial charge >= 0.3 is 0 Å². The summed E-state index contributed by atoms with van der Waals surface area (Å²) in [5.74, 6) is 0.813. The largest absolute Gasteiger partial charge is 0.507 e. The molecule has 0 spiro atoms. The molecule has 0 unspecified atom stereocenters. The molecule has 1 rings (SSSR count). The zero-order valence-electron chi connectivity index (χ0n) is 11.3. The standard InChI is InChI=1S/C15H21NO/c1-10(2)6-12-7-11(9-16)8-13(14(12)17)15(3,4)5/h7-8,10,17H,6H2,1-5H3. The molecule has 2 nitrogen and oxygen atoms in total. The number of phenolic OH excluding ortho intramolecular Hbond substituents is 1. The third-order valence-corrected chi connectivity index (χ3v) is 2.75. The van der Waals surface area contributed by atoms with Crippen LogP contribution < -0.4 is 0 Å². The van der Waals surface area contributed by atoms with E-state index >= 15 is 0 Å². The number of aromatic hydroxyl groups is 1. The van der Waals surface area contributed by atoms with Crippen molar-refractivity contribution in [2.75, 3.05) is 0 Å². The second-order valence-corrected chi connectivity index (χ2v) is 5.99. The minimum Gasteiger partial charge on any atom is -0.507 e. The summed E-state index contributed by atoms with van der Waals surface area (Å²) in [5, 5.41) is 19.3. The van der Waals surface area contributed by atoms with Crippen molar-refractivity contribution in [3.8, 4) is 11.8 Å². The molecule has 0 aliphatic rings. The number of hydrogen-bond donors (Lipinski definition) is 1. The number of nitrogens with zero attached hydrogens (tertiary/aromatic N) is 1. The third kappa shape index (κ3) is 3.23. The predicted octanol–water partition coefficient (Wildman–Crippen LogP) is 3.76. The number of benzene rings is 1. The smallest absolute Gasteiger partial charge is 0.122 e. The van der Waals surface area contributed by atoms with Crippen LogP contribution in [0.15, 0.2) is 12.1 Å². The first-order valence-corrected chi connectivity index (χ1v) is 6.02. The van der Waals surface area contributed by atoms with Crippen LogP contribution in [0.1, 0.15) is 51.3 Å². The molecular formula is C15H21NO. The van der Waals surface area contributed by atoms with E-state index in [1.807, 2.05) is 20.8 Å². The Morgan fingerprint density at radius 3 is 2.29 bits per heavy atom. The Morgan fingerprint density at radius 1 is 1.29 bits per heavy atom. The Hall–Kier alpha value is -1.49. The SMILES string of the molecule is CC(C)Cc1cc(C#N)cc(C(C)(C)C)c1O. The molecule has 0 heterocycles. The highest BCUT2D eigenvalue weighted by Gasteiger charge is 2.21. The Labute approximate surface area is 104 Å². The molecule has 92 valence electrons. The molecule has 0 bridgehead atoms. The van der Waals surface area contributed by atoms with Gasteiger partial charge in [-0.1, -0.05) is 34.6 Å². The summed E-state index contributed by atoms with van der Waals surface area (Å²) < 4.78 is 0. The molecule has 1 aromatic rings. The van der Waals surface area contributed by atoms with Crippen molar-refractivity contribution in [2.45, 2.75) is 46.5 Å². The average Bonchev–Trinajstić information content (AvgIpc) is 2.18. The van der Waals surface area contributed by atoms with Crippen LogP contribution in [0.5, 0.6) is 5.75 Å². The maximum Gasteiger partial charge on any atom is 0.122 e. The van der Waals surface area contributed by atoms with Crippen LogP contribution in [0.3, 0.4) is 0 Å². The molecule has 17 heavy (non-hydrogen) atoms. The average molecular weight is 231 g/mol. The topological polar surface area (TPSA) is 44.0 Å². The van der Waals surface area contributed by atoms with E-state index in [-0.39, 0.29) is 5.41 Å². The van der Waals surface area contributed by atoms with Crippen molar-refractivity contribution in [1.82, 2.24) is 0 Å². The Bertz CT molecular complexity index is 447. The first-order valence-electron chi connectivity index (χ1n) is 6.02. The van der Waals surface area contributed by atoms with E-state index in [0.717, 1.165) is 17.5 Å². The highest BCUT2D eigenvalue weighted by Crippen LogP contribution is 2.35. The van der Waals surface area contributed by atoms with E-state index in [1.54, 1.807) is 12.1 Å². The number of phenols is 1. The van der Waals surface area contributed by atoms with Crippen molar-refractivity contribution in [1.29, 1.82) is 5.26 Å². The van der Waals surface area contributed by atoms with Gasteiger partial charge in [-0.2, -0.15) is 5.26 Å². The van der Waals surface area contributed by atoms with Gasteiger partial charge in [-0.05, 0) is 35.4 Å². The van der Waals surface area contributed by atoms with E-state index < -0.39 is 0 Å². The molecule has 0 radical (unpaired) electrons. The lowest BCUT2D eigenvalue weighted by Crippen LogP contribution is -2.13. The van der Waals surface area contributed by atoms with Crippen LogP contribution >= 0.6 is 0 Å². The normalized spacial score (nSPS) is 11.6. The van der Waals surface area contributed by atoms with E-state index in [4.69, 9.17) is 5.26 Å². The zero-order valence-corrected chi connectivity index (χ0v) is 11.3. The van der Waals surface area contributed by atoms with Gasteiger partial charge in [0, 0.05) is 5.56 Å². The molecular weight excluding hydrogens is 210 g/mol. The second kappa shape index (κ2) is 4.79. The summed E-state index contributed by atoms with van der Waals surface area (Å²) in [7, 11) is 0. The first kappa shape index (κ1) is 13.6. The lowest BCUT2D eigenvalue weighted by atomic mass is 9.83. The van der Waals surface area contributed by atoms with Gasteiger partial charge in [-0.25, -0.2) is 0 Å². The summed E-state index contributed by atoms with van der Waals surface area (Å²) in [4.78, 5) is 0. The summed E-state index contributed by atoms with van der Waals surface area (Å²) in [5.41, 5.74) is 2.21. The first-order chi connectivity index (χ1) is 7.75. The molecule has 0 amide bonds. The zero-order chi connectivity index (χ0) is 13.2. The van der Waals surface area contributed by atoms with Gasteiger partial charge < -0.3 is 5.11 Å². The second-order valence-electron chi connectivity index (χ2n) is 5.99. The van der Waals surface area contributed by atoms with Gasteiger partial charge in [-0.15, -0.1) is 0 Å². The van der Waals surface area contributed by atoms with E-state index in [0.29, 0.717) is 17.2 Å². The maximum atomic E-state index is 10.3. The van der Waals surface area contributed by atoms with Crippen molar-refractivity contribution in [3.05, 3.63) is 28.8 Å². The molecule has 0 aliphatic carbocycles. The van der Waals surface area contributed by atoms with Crippen LogP contribution in [0.2, 0.25) is 0 Å². The van der Waals surface area contributed by atoms with Gasteiger partial charge in [0.05, 0.1) is 11.6 Å². The van der Waals surface area contributed by atoms with Crippen LogP contribution in [0.25, 0.3) is 0 Å². The minimum atomic E-state index is -0.150. The molecule has 0 saturated heterocycles. The van der Waals surface area contributed by atoms with Crippen LogP contribution in [-0.4, -0.2) is 5.11 Å². The molecule has 0 aliphatic heterocycles. The monoisotopic (exact) mass is 231 g/mol. The summed E-state index contributed by atoms with van der Waals surface area (Å²) >= 11 is 0. The number of hydrogen-bond acceptors (Lipinski definition) is 2. The summed E-state index contributed by atoms with van der Waals surface area (Å²) in [6, 6.07) is 5.76. The highest BCUT2D eigenvalue weighted by atomic mass is 16.3. The fraction of sp³-hybridized carbons (Fsp3) is 0.533. The Kier molecular flexibility index (Phi) is 3.83. The summed E-state index contributed by atoms with van der Waals surface area (Å²) in [6.07, 6.45) is 0.796. The van der Waals surface area contributed by atoms with Crippen molar-refractivity contribution < 1.29 is 5.11 Å². The predicted molar refractivity (Wildman–Crippen MR) is 70.1 cm³/mol. The third-order valence-electron chi connectivity index (χ3n) is 2.75. The summed E-state index contributed by atoms with van der Waals surface area (Å²) in [6.45, 7) is 10.3. The van der Waals surface area contributed by atoms with Crippen molar-refractivity contribution >= 4 is 0 Å². The number of rotatable bonds is 2. The molecule has 0 fully saturated rings. The Balaban J connectivity index is 3.37. The van der Waals surface area contributed by atoms with Gasteiger partial charge in [0.2, 0.25) is 0 Å². The van der Waals surface area contributed by atoms with Gasteiger partial charge in [0.1, 0.15) is 5.75 Å². The molecule has 2 heteroatoms. The quantitative estimate of drug-likeness (QED) is 0.842. The molecule has 1 N–H and O–H groups in total. The lowest BCUT2D eigenvalue weighted by molar-refractivity contribution is 0.436. The molecule has 0 saturated carbocycles. The highest BCUT2D eigenvalue weighted by molar-refractivity contribution is 5.50. The van der Waals surface area contributed by atoms with E-state index in [2.05, 4.69) is 19.9 Å². The van der Waals surface area contributed by atoms with Crippen LogP contribution in [-0.2, 0) is 11.8 Å². The van der Waals surface area contributed by atoms with Gasteiger partial charge in [-0.3, -0.25) is 0 Å². The molecule has 1 aromatic carbocycles. The number of nitriles is 1. The van der Waals surface area contributed by atoms with E-state index in [1.165, 1.54) is 0 Å². The van der Waals surface area contributed by atoms with Gasteiger partial charge in [0.15, 0.2) is 0 Å². The van der Waals surface area contributed by atoms with Crippen molar-refractivity contribution in [3.63, 3.8) is 0 Å². The fourth-order valence-corrected chi connectivity index (χ4v) is 1.93. The van der Waals surface area contributed by atoms with E-state index in [9.17, 15) is 5.11 Å². The lowest BCUT2D eigenvalue weighted by Gasteiger charge is -2.23. The molecule has 0 atom stereocenters. The Morgan fingerprint density at radius 2 is 1.88 bits per heavy atom. The fourth-order valence-electron chi connectivity index (χ4n) is 1.93. The van der Waals surface area contributed by atoms with Gasteiger partial charge in [0.25, 0.3) is 0 Å². The molecule has 0 aromatic heterocycles. The van der Waals surface area contributed by atoms with Crippen molar-refractivity contribution in [2.24, 2.45) is 5.92 Å².